The summed E-state index contributed by atoms with van der Waals surface area (Å²) in [6.07, 6.45) is 4.13. The topological polar surface area (TPSA) is 47.7 Å². The molecule has 0 fully saturated rings. The van der Waals surface area contributed by atoms with Crippen molar-refractivity contribution in [3.05, 3.63) is 35.9 Å². The highest BCUT2D eigenvalue weighted by Gasteiger charge is 2.12. The number of alkyl halides is 2. The Kier molecular flexibility index (Phi) is 4.84. The molecule has 0 aliphatic heterocycles. The van der Waals surface area contributed by atoms with Crippen molar-refractivity contribution in [1.82, 2.24) is 24.9 Å². The number of nitrogens with zero attached hydrogens (tertiary/aromatic N) is 4. The van der Waals surface area contributed by atoms with Crippen molar-refractivity contribution in [3.63, 3.8) is 0 Å². The lowest BCUT2D eigenvalue weighted by Crippen LogP contribution is -2.20. The summed E-state index contributed by atoms with van der Waals surface area (Å²) in [6, 6.07) is 3.85. The molecule has 2 aromatic heterocycles. The van der Waals surface area contributed by atoms with Crippen LogP contribution in [0.5, 0.6) is 0 Å². The molecule has 1 atom stereocenters. The number of rotatable bonds is 7. The zero-order chi connectivity index (χ0) is 14.5. The molecule has 0 saturated heterocycles. The minimum atomic E-state index is -2.60. The van der Waals surface area contributed by atoms with Gasteiger partial charge in [-0.05, 0) is 25.5 Å². The molecule has 2 aromatic rings. The Bertz CT molecular complexity index is 534. The molecule has 0 unspecified atom stereocenters. The van der Waals surface area contributed by atoms with E-state index in [1.54, 1.807) is 12.3 Å². The van der Waals surface area contributed by atoms with Crippen LogP contribution in [0, 0.1) is 0 Å². The average molecular weight is 283 g/mol. The fourth-order valence-corrected chi connectivity index (χ4v) is 2.03. The fourth-order valence-electron chi connectivity index (χ4n) is 2.03. The van der Waals surface area contributed by atoms with Gasteiger partial charge in [-0.2, -0.15) is 19.0 Å². The third kappa shape index (κ3) is 3.22. The van der Waals surface area contributed by atoms with E-state index in [1.165, 1.54) is 6.20 Å². The molecule has 0 bridgehead atoms. The molecule has 0 spiro atoms. The lowest BCUT2D eigenvalue weighted by Gasteiger charge is -2.14. The molecule has 5 nitrogen and oxygen atoms in total. The van der Waals surface area contributed by atoms with Gasteiger partial charge in [0.1, 0.15) is 0 Å². The van der Waals surface area contributed by atoms with Gasteiger partial charge in [-0.1, -0.05) is 6.92 Å². The van der Waals surface area contributed by atoms with Gasteiger partial charge in [0.05, 0.1) is 11.4 Å². The minimum absolute atomic E-state index is 0.327. The Morgan fingerprint density at radius 2 is 1.65 bits per heavy atom. The largest absolute Gasteiger partial charge is 0.333 e. The lowest BCUT2D eigenvalue weighted by atomic mass is 10.2. The van der Waals surface area contributed by atoms with Crippen molar-refractivity contribution in [2.75, 3.05) is 0 Å². The van der Waals surface area contributed by atoms with E-state index in [-0.39, 0.29) is 0 Å². The first-order chi connectivity index (χ1) is 9.63. The summed E-state index contributed by atoms with van der Waals surface area (Å²) >= 11 is 0. The molecule has 110 valence electrons. The highest BCUT2D eigenvalue weighted by atomic mass is 19.3. The molecule has 0 aliphatic rings. The Morgan fingerprint density at radius 1 is 1.10 bits per heavy atom. The molecule has 20 heavy (non-hydrogen) atoms. The first-order valence-electron chi connectivity index (χ1n) is 6.67. The van der Waals surface area contributed by atoms with Crippen LogP contribution in [-0.4, -0.2) is 19.6 Å². The fraction of sp³-hybridized carbons (Fsp3) is 0.538. The van der Waals surface area contributed by atoms with E-state index in [0.717, 1.165) is 16.8 Å². The van der Waals surface area contributed by atoms with E-state index in [0.29, 0.717) is 24.8 Å². The molecule has 2 rings (SSSR count). The Morgan fingerprint density at radius 3 is 2.20 bits per heavy atom. The van der Waals surface area contributed by atoms with E-state index in [1.807, 2.05) is 10.7 Å². The summed E-state index contributed by atoms with van der Waals surface area (Å²) in [4.78, 5) is 0. The van der Waals surface area contributed by atoms with Crippen molar-refractivity contribution >= 4 is 0 Å². The maximum absolute atomic E-state index is 12.6. The summed E-state index contributed by atoms with van der Waals surface area (Å²) in [6.45, 7) is 2.52. The van der Waals surface area contributed by atoms with Gasteiger partial charge in [0, 0.05) is 31.5 Å². The van der Waals surface area contributed by atoms with Crippen molar-refractivity contribution in [2.45, 2.75) is 45.9 Å². The van der Waals surface area contributed by atoms with Crippen LogP contribution in [0.4, 0.5) is 8.78 Å². The third-order valence-electron chi connectivity index (χ3n) is 3.31. The van der Waals surface area contributed by atoms with Crippen molar-refractivity contribution in [1.29, 1.82) is 0 Å². The lowest BCUT2D eigenvalue weighted by molar-refractivity contribution is 0.0531. The van der Waals surface area contributed by atoms with Crippen molar-refractivity contribution in [2.24, 2.45) is 0 Å². The maximum Gasteiger partial charge on any atom is 0.333 e. The predicted octanol–water partition coefficient (Wildman–Crippen LogP) is 2.74. The van der Waals surface area contributed by atoms with Crippen LogP contribution >= 0.6 is 0 Å². The van der Waals surface area contributed by atoms with Gasteiger partial charge in [0.25, 0.3) is 0 Å². The average Bonchev–Trinajstić information content (AvgIpc) is 3.06. The molecular weight excluding hydrogens is 264 g/mol. The van der Waals surface area contributed by atoms with Gasteiger partial charge >= 0.3 is 6.55 Å². The first kappa shape index (κ1) is 14.6. The summed E-state index contributed by atoms with van der Waals surface area (Å²) in [7, 11) is 0. The summed E-state index contributed by atoms with van der Waals surface area (Å²) in [5.41, 5.74) is 1.51. The molecule has 0 aromatic carbocycles. The Hall–Kier alpha value is -1.76. The molecule has 1 N–H and O–H groups in total. The zero-order valence-corrected chi connectivity index (χ0v) is 11.6. The van der Waals surface area contributed by atoms with E-state index in [2.05, 4.69) is 29.4 Å². The van der Waals surface area contributed by atoms with Gasteiger partial charge in [-0.25, -0.2) is 4.68 Å². The third-order valence-corrected chi connectivity index (χ3v) is 3.31. The van der Waals surface area contributed by atoms with E-state index >= 15 is 0 Å². The monoisotopic (exact) mass is 283 g/mol. The second-order valence-corrected chi connectivity index (χ2v) is 4.67. The Balaban J connectivity index is 1.93. The Labute approximate surface area is 116 Å². The molecule has 0 saturated carbocycles. The second-order valence-electron chi connectivity index (χ2n) is 4.67. The number of halogens is 2. The molecule has 7 heteroatoms. The van der Waals surface area contributed by atoms with Gasteiger partial charge in [0.2, 0.25) is 0 Å². The molecule has 0 radical (unpaired) electrons. The number of nitrogens with one attached hydrogen (secondary N) is 1. The summed E-state index contributed by atoms with van der Waals surface area (Å²) < 4.78 is 27.9. The second kappa shape index (κ2) is 6.60. The normalized spacial score (nSPS) is 13.1. The molecule has 0 aliphatic carbocycles. The van der Waals surface area contributed by atoms with Crippen LogP contribution in [0.2, 0.25) is 0 Å². The smallest absolute Gasteiger partial charge is 0.306 e. The van der Waals surface area contributed by atoms with Gasteiger partial charge < -0.3 is 5.32 Å². The van der Waals surface area contributed by atoms with Gasteiger partial charge in [-0.15, -0.1) is 0 Å². The highest BCUT2D eigenvalue weighted by Crippen LogP contribution is 2.13. The van der Waals surface area contributed by atoms with Crippen molar-refractivity contribution < 1.29 is 8.78 Å². The van der Waals surface area contributed by atoms with Crippen LogP contribution in [0.15, 0.2) is 24.5 Å². The van der Waals surface area contributed by atoms with Gasteiger partial charge in [0.15, 0.2) is 0 Å². The maximum atomic E-state index is 12.6. The number of hydrogen-bond donors (Lipinski definition) is 1. The van der Waals surface area contributed by atoms with Crippen LogP contribution in [0.25, 0.3) is 0 Å². The minimum Gasteiger partial charge on any atom is -0.306 e. The standard InChI is InChI=1S/C13H19F2N5/c1-3-10(2)19-11(4-6-17-19)8-16-9-12-5-7-18-20(12)13(14)15/h4-7,10,13,16H,3,8-9H2,1-2H3/t10-/m0/s1. The summed E-state index contributed by atoms with van der Waals surface area (Å²) in [5.74, 6) is 0. The van der Waals surface area contributed by atoms with E-state index in [9.17, 15) is 8.78 Å². The van der Waals surface area contributed by atoms with E-state index in [4.69, 9.17) is 0 Å². The van der Waals surface area contributed by atoms with Crippen LogP contribution in [0.1, 0.15) is 44.2 Å². The summed E-state index contributed by atoms with van der Waals surface area (Å²) in [5, 5.41) is 11.0. The molecular formula is C13H19F2N5. The SMILES string of the molecule is CC[C@H](C)n1nccc1CNCc1ccnn1C(F)F. The number of hydrogen-bond acceptors (Lipinski definition) is 3. The zero-order valence-electron chi connectivity index (χ0n) is 11.6. The van der Waals surface area contributed by atoms with Crippen LogP contribution in [-0.2, 0) is 13.1 Å². The molecule has 2 heterocycles. The quantitative estimate of drug-likeness (QED) is 0.850. The van der Waals surface area contributed by atoms with Crippen LogP contribution in [0.3, 0.4) is 0 Å². The van der Waals surface area contributed by atoms with Gasteiger partial charge in [-0.3, -0.25) is 4.68 Å². The molecule has 0 amide bonds. The number of aromatic nitrogens is 4. The van der Waals surface area contributed by atoms with E-state index < -0.39 is 6.55 Å². The van der Waals surface area contributed by atoms with Crippen molar-refractivity contribution in [3.8, 4) is 0 Å². The van der Waals surface area contributed by atoms with Crippen LogP contribution < -0.4 is 5.32 Å². The highest BCUT2D eigenvalue weighted by molar-refractivity contribution is 5.04. The first-order valence-corrected chi connectivity index (χ1v) is 6.67. The predicted molar refractivity (Wildman–Crippen MR) is 71.3 cm³/mol.